The van der Waals surface area contributed by atoms with Crippen molar-refractivity contribution in [3.8, 4) is 5.75 Å². The summed E-state index contributed by atoms with van der Waals surface area (Å²) in [6.45, 7) is 8.14. The Hall–Kier alpha value is -12.8. The SMILES string of the molecule is CCCC[C@H]1C(=O)N(C)[C@@H](CCCC)C(=O)N[C@@H](CCCN)C(=O)N[C@H](C(=O)NCC(N)=O)CSCC(=O)N[C@@H](Cc2ccc(OC)cc2)C(=O)N(C)[C@@H](C)C(=O)N[C@@H](CC(N)=O)C(=O)N2CCC[C@H]2C(=O)N[C@@H](CC(N)=O)C(=O)N[C@@H](CC(C)C)C(=O)N2C[C@H](F)C[C@H]2C(=O)N[C@@H](Cc2c[nH]c3ccccc23)C(=O)N[C@@H](C)C(=O)N[C@@H](Cc2c[nH]c3ccccc23)C(=O)N1C. The van der Waals surface area contributed by atoms with Crippen LogP contribution >= 0.6 is 11.8 Å². The first kappa shape index (κ1) is 104. The van der Waals surface area contributed by atoms with Gasteiger partial charge in [0, 0.05) is 93.3 Å². The number of hydrogen-bond acceptors (Lipinski definition) is 21. The Bertz CT molecular complexity index is 4940. The number of fused-ring (bicyclic) bond motifs is 4. The average Bonchev–Trinajstić information content (AvgIpc) is 1.76. The number of nitrogens with two attached hydrogens (primary N) is 4. The van der Waals surface area contributed by atoms with E-state index in [1.54, 1.807) is 99.0 Å². The number of ether oxygens (including phenoxy) is 1. The third-order valence-electron chi connectivity index (χ3n) is 23.6. The van der Waals surface area contributed by atoms with Gasteiger partial charge in [0.25, 0.3) is 0 Å². The number of nitrogens with zero attached hydrogens (tertiary/aromatic N) is 5. The van der Waals surface area contributed by atoms with E-state index >= 15 is 38.0 Å². The van der Waals surface area contributed by atoms with Gasteiger partial charge in [0.2, 0.25) is 106 Å². The van der Waals surface area contributed by atoms with Gasteiger partial charge < -0.3 is 115 Å². The Morgan fingerprint density at radius 2 is 1.05 bits per heavy atom. The van der Waals surface area contributed by atoms with Gasteiger partial charge in [0.05, 0.1) is 38.8 Å². The van der Waals surface area contributed by atoms with Crippen LogP contribution in [0.3, 0.4) is 0 Å². The van der Waals surface area contributed by atoms with Crippen molar-refractivity contribution in [2.45, 2.75) is 241 Å². The summed E-state index contributed by atoms with van der Waals surface area (Å²) in [5.41, 5.74) is 25.7. The summed E-state index contributed by atoms with van der Waals surface area (Å²) in [6.07, 6.45) is 0.0674. The van der Waals surface area contributed by atoms with Gasteiger partial charge in [0.15, 0.2) is 0 Å². The number of carbonyl (C=O) groups excluding carboxylic acids is 18. The zero-order chi connectivity index (χ0) is 96.2. The molecule has 42 heteroatoms. The first-order chi connectivity index (χ1) is 62.3. The van der Waals surface area contributed by atoms with Crippen LogP contribution in [0.5, 0.6) is 5.75 Å². The highest BCUT2D eigenvalue weighted by atomic mass is 32.2. The summed E-state index contributed by atoms with van der Waals surface area (Å²) in [4.78, 5) is 273. The van der Waals surface area contributed by atoms with Gasteiger partial charge in [-0.15, -0.1) is 11.8 Å². The highest BCUT2D eigenvalue weighted by Crippen LogP contribution is 2.29. The zero-order valence-electron chi connectivity index (χ0n) is 75.7. The molecule has 3 aliphatic heterocycles. The number of primary amides is 3. The smallest absolute Gasteiger partial charge is 0.246 e. The molecule has 0 spiro atoms. The number of halogens is 1. The molecular formula is C89H126FN21O19S. The quantitative estimate of drug-likeness (QED) is 0.0325. The van der Waals surface area contributed by atoms with Crippen molar-refractivity contribution in [1.29, 1.82) is 0 Å². The lowest BCUT2D eigenvalue weighted by atomic mass is 10.00. The van der Waals surface area contributed by atoms with Gasteiger partial charge in [-0.3, -0.25) is 86.3 Å². The molecule has 18 amide bonds. The molecule has 3 saturated heterocycles. The molecule has 714 valence electrons. The van der Waals surface area contributed by atoms with Crippen molar-refractivity contribution in [1.82, 2.24) is 87.6 Å². The number of amides is 18. The van der Waals surface area contributed by atoms with Gasteiger partial charge in [-0.05, 0) is 112 Å². The molecule has 20 N–H and O–H groups in total. The summed E-state index contributed by atoms with van der Waals surface area (Å²) >= 11 is 0.793. The largest absolute Gasteiger partial charge is 0.497 e. The molecule has 2 aromatic heterocycles. The van der Waals surface area contributed by atoms with Gasteiger partial charge >= 0.3 is 0 Å². The summed E-state index contributed by atoms with van der Waals surface area (Å²) in [6, 6.07) is -1.12. The van der Waals surface area contributed by atoms with E-state index in [4.69, 9.17) is 27.7 Å². The topological polar surface area (TPSA) is 589 Å². The zero-order valence-corrected chi connectivity index (χ0v) is 76.5. The number of unbranched alkanes of at least 4 members (excludes halogenated alkanes) is 2. The van der Waals surface area contributed by atoms with Crippen LogP contribution in [0.15, 0.2) is 85.2 Å². The summed E-state index contributed by atoms with van der Waals surface area (Å²) in [5, 5.41) is 27.5. The molecule has 3 fully saturated rings. The van der Waals surface area contributed by atoms with Crippen molar-refractivity contribution >= 4 is 140 Å². The Kier molecular flexibility index (Phi) is 39.0. The maximum atomic E-state index is 16.2. The molecule has 0 unspecified atom stereocenters. The van der Waals surface area contributed by atoms with E-state index in [1.807, 2.05) is 13.8 Å². The van der Waals surface area contributed by atoms with Crippen LogP contribution in [-0.4, -0.2) is 297 Å². The van der Waals surface area contributed by atoms with Gasteiger partial charge in [0.1, 0.15) is 96.5 Å². The monoisotopic (exact) mass is 1840 g/mol. The van der Waals surface area contributed by atoms with Crippen molar-refractivity contribution in [3.63, 3.8) is 0 Å². The number of rotatable bonds is 25. The summed E-state index contributed by atoms with van der Waals surface area (Å²) in [5.74, 6) is -18.1. The third-order valence-corrected chi connectivity index (χ3v) is 24.6. The van der Waals surface area contributed by atoms with Crippen molar-refractivity contribution < 1.29 is 95.4 Å². The van der Waals surface area contributed by atoms with Crippen LogP contribution in [0.2, 0.25) is 0 Å². The van der Waals surface area contributed by atoms with E-state index in [1.165, 1.54) is 51.9 Å². The molecule has 8 rings (SSSR count). The molecule has 3 aromatic carbocycles. The second-order valence-corrected chi connectivity index (χ2v) is 35.0. The lowest BCUT2D eigenvalue weighted by Crippen LogP contribution is -2.61. The first-order valence-corrected chi connectivity index (χ1v) is 45.3. The van der Waals surface area contributed by atoms with Gasteiger partial charge in [-0.25, -0.2) is 4.39 Å². The molecule has 15 atom stereocenters. The fraction of sp³-hybridized carbons (Fsp3) is 0.551. The normalized spacial score (nSPS) is 25.2. The lowest BCUT2D eigenvalue weighted by Gasteiger charge is -2.36. The Labute approximate surface area is 763 Å². The Morgan fingerprint density at radius 3 is 1.64 bits per heavy atom. The van der Waals surface area contributed by atoms with E-state index in [0.29, 0.717) is 69.9 Å². The predicted molar refractivity (Wildman–Crippen MR) is 483 cm³/mol. The van der Waals surface area contributed by atoms with Gasteiger partial charge in [-0.2, -0.15) is 0 Å². The number of aromatic amines is 2. The molecule has 5 heterocycles. The van der Waals surface area contributed by atoms with E-state index in [-0.39, 0.29) is 77.3 Å². The number of H-pyrrole nitrogens is 2. The molecule has 5 aromatic rings. The number of aromatic nitrogens is 2. The molecule has 0 saturated carbocycles. The minimum atomic E-state index is -1.87. The van der Waals surface area contributed by atoms with E-state index in [2.05, 4.69) is 63.1 Å². The van der Waals surface area contributed by atoms with Crippen LogP contribution in [0.1, 0.15) is 148 Å². The number of thioether (sulfide) groups is 1. The maximum Gasteiger partial charge on any atom is 0.246 e. The second-order valence-electron chi connectivity index (χ2n) is 33.9. The fourth-order valence-corrected chi connectivity index (χ4v) is 17.1. The highest BCUT2D eigenvalue weighted by molar-refractivity contribution is 8.00. The van der Waals surface area contributed by atoms with E-state index in [9.17, 15) is 52.7 Å². The van der Waals surface area contributed by atoms with E-state index < -0.39 is 247 Å². The number of benzene rings is 3. The van der Waals surface area contributed by atoms with Crippen molar-refractivity contribution in [2.75, 3.05) is 65.9 Å². The molecule has 0 bridgehead atoms. The Morgan fingerprint density at radius 1 is 0.527 bits per heavy atom. The first-order valence-electron chi connectivity index (χ1n) is 44.2. The van der Waals surface area contributed by atoms with E-state index in [0.717, 1.165) is 26.5 Å². The number of nitrogens with one attached hydrogen (secondary N) is 12. The number of para-hydroxylation sites is 2. The maximum absolute atomic E-state index is 16.2. The van der Waals surface area contributed by atoms with Crippen LogP contribution in [0, 0.1) is 5.92 Å². The molecule has 131 heavy (non-hydrogen) atoms. The minimum Gasteiger partial charge on any atom is -0.497 e. The fourth-order valence-electron chi connectivity index (χ4n) is 16.2. The third kappa shape index (κ3) is 28.9. The molecule has 3 aliphatic rings. The number of alkyl halides is 1. The van der Waals surface area contributed by atoms with Crippen molar-refractivity contribution in [3.05, 3.63) is 102 Å². The second kappa shape index (κ2) is 49.3. The molecule has 0 aliphatic carbocycles. The van der Waals surface area contributed by atoms with Crippen molar-refractivity contribution in [2.24, 2.45) is 28.9 Å². The number of carbonyl (C=O) groups is 18. The highest BCUT2D eigenvalue weighted by Gasteiger charge is 2.47. The Balaban J connectivity index is 1.18. The van der Waals surface area contributed by atoms with Crippen LogP contribution in [0.25, 0.3) is 21.8 Å². The van der Waals surface area contributed by atoms with Crippen LogP contribution in [-0.2, 0) is 106 Å². The van der Waals surface area contributed by atoms with Gasteiger partial charge in [-0.1, -0.05) is 102 Å². The molecule has 40 nitrogen and oxygen atoms in total. The summed E-state index contributed by atoms with van der Waals surface area (Å²) in [7, 11) is 5.41. The molecule has 0 radical (unpaired) electrons. The standard InChI is InChI=1S/C89H126FN21O19S/c1-11-13-26-68-82(122)100-60(25-19-33-91)79(119)106-67(78(118)97-44-74(94)114)46-131-47-75(115)99-64(36-51-29-31-55(130-10)32-30-51)85(125)107(7)50(6)77(117)104-66(41-73(93)113)87(127)110-34-20-28-69(110)83(123)102-62(40-72(92)112)81(121)105-63(35-48(3)4)88(128)111-45-54(90)39-71(111)84(124)101-61(37-52-42-95-58-23-17-15-21-56(52)58)80(120)98-49(5)76(116)103-65(38-53-43-96-59-24-18-16-22-57(53)59)86(126)109(9)70(27-14-12-2)89(129)108(68)8/h15-18,21-24,29-32,42-43,48-50,54,60-71,95-96H,11-14,19-20,25-28,33-41,44-47,91H2,1-10H3,(H2,92,112)(H2,93,113)(H2,94,114)(H,97,118)(H,98,120)(H,99,115)(H,100,122)(H,101,124)(H,102,123)(H,103,116)(H,104,117)(H,105,121)(H,106,119)/t49-,50-,54+,60-,61-,62-,63-,64-,65-,66-,67-,68-,69-,70-,71-/m0/s1. The minimum absolute atomic E-state index is 0.0116. The van der Waals surface area contributed by atoms with Crippen LogP contribution < -0.4 is 80.8 Å². The lowest BCUT2D eigenvalue weighted by molar-refractivity contribution is -0.149. The number of methoxy groups -OCH3 is 1. The average molecular weight is 1850 g/mol. The number of likely N-dealkylation sites (N-methyl/N-ethyl adjacent to an activating group) is 3. The predicted octanol–water partition coefficient (Wildman–Crippen LogP) is -1.24. The van der Waals surface area contributed by atoms with Crippen LogP contribution in [0.4, 0.5) is 4.39 Å². The summed E-state index contributed by atoms with van der Waals surface area (Å²) < 4.78 is 21.5. The molecular weight excluding hydrogens is 1720 g/mol. The number of hydrogen-bond donors (Lipinski definition) is 16.